The first-order valence-electron chi connectivity index (χ1n) is 5.48. The first-order valence-corrected chi connectivity index (χ1v) is 6.63. The number of nitroso groups, excluding NO2 is 1. The Kier molecular flexibility index (Phi) is 10.1. The van der Waals surface area contributed by atoms with E-state index in [0.29, 0.717) is 6.42 Å². The number of hydrogen-bond donors (Lipinski definition) is 0. The summed E-state index contributed by atoms with van der Waals surface area (Å²) in [6, 6.07) is 0. The monoisotopic (exact) mass is 244 g/mol. The highest BCUT2D eigenvalue weighted by Gasteiger charge is 2.07. The average molecular weight is 244 g/mol. The number of hydrogen-bond acceptors (Lipinski definition) is 4. The summed E-state index contributed by atoms with van der Waals surface area (Å²) in [5.41, 5.74) is 0. The Labute approximate surface area is 101 Å². The molecular formula is C11H20N2O2S. The molecule has 0 N–H and O–H groups in total. The summed E-state index contributed by atoms with van der Waals surface area (Å²) >= 11 is 1.72. The zero-order valence-electron chi connectivity index (χ0n) is 10.0. The number of rotatable bonds is 9. The molecule has 0 aromatic heterocycles. The van der Waals surface area contributed by atoms with Gasteiger partial charge in [0.25, 0.3) is 0 Å². The van der Waals surface area contributed by atoms with Crippen molar-refractivity contribution in [2.75, 3.05) is 25.2 Å². The third-order valence-corrected chi connectivity index (χ3v) is 2.91. The van der Waals surface area contributed by atoms with Crippen LogP contribution in [0.5, 0.6) is 0 Å². The molecule has 1 amide bonds. The van der Waals surface area contributed by atoms with Crippen LogP contribution in [0.1, 0.15) is 26.2 Å². The molecule has 0 radical (unpaired) electrons. The minimum atomic E-state index is -0.0557. The number of amides is 1. The summed E-state index contributed by atoms with van der Waals surface area (Å²) in [6.07, 6.45) is 7.06. The van der Waals surface area contributed by atoms with Crippen molar-refractivity contribution in [1.82, 2.24) is 4.90 Å². The van der Waals surface area contributed by atoms with Crippen LogP contribution in [0.4, 0.5) is 0 Å². The Hall–Kier alpha value is -0.840. The molecule has 0 rings (SSSR count). The van der Waals surface area contributed by atoms with Gasteiger partial charge in [0.15, 0.2) is 6.67 Å². The summed E-state index contributed by atoms with van der Waals surface area (Å²) < 4.78 is 0. The van der Waals surface area contributed by atoms with E-state index in [4.69, 9.17) is 0 Å². The van der Waals surface area contributed by atoms with E-state index in [2.05, 4.69) is 24.3 Å². The van der Waals surface area contributed by atoms with Crippen molar-refractivity contribution in [2.45, 2.75) is 26.2 Å². The lowest BCUT2D eigenvalue weighted by Crippen LogP contribution is -2.26. The van der Waals surface area contributed by atoms with Crippen LogP contribution < -0.4 is 0 Å². The fourth-order valence-corrected chi connectivity index (χ4v) is 1.78. The van der Waals surface area contributed by atoms with Crippen molar-refractivity contribution in [1.29, 1.82) is 0 Å². The Morgan fingerprint density at radius 1 is 1.44 bits per heavy atom. The van der Waals surface area contributed by atoms with Crippen molar-refractivity contribution >= 4 is 17.7 Å². The molecular weight excluding hydrogens is 224 g/mol. The third-order valence-electron chi connectivity index (χ3n) is 1.99. The predicted molar refractivity (Wildman–Crippen MR) is 69.4 cm³/mol. The van der Waals surface area contributed by atoms with Crippen molar-refractivity contribution in [3.8, 4) is 0 Å². The van der Waals surface area contributed by atoms with E-state index >= 15 is 0 Å². The number of thioether (sulfide) groups is 1. The van der Waals surface area contributed by atoms with Crippen LogP contribution >= 0.6 is 11.8 Å². The molecule has 0 heterocycles. The lowest BCUT2D eigenvalue weighted by Gasteiger charge is -2.11. The maximum absolute atomic E-state index is 11.4. The molecule has 92 valence electrons. The van der Waals surface area contributed by atoms with Gasteiger partial charge in [0.2, 0.25) is 5.91 Å². The normalized spacial score (nSPS) is 10.6. The molecule has 0 unspecified atom stereocenters. The molecule has 0 aliphatic heterocycles. The van der Waals surface area contributed by atoms with Gasteiger partial charge in [-0.15, -0.1) is 4.91 Å². The zero-order chi connectivity index (χ0) is 12.2. The summed E-state index contributed by atoms with van der Waals surface area (Å²) in [4.78, 5) is 22.6. The van der Waals surface area contributed by atoms with Crippen LogP contribution in [-0.2, 0) is 4.79 Å². The number of nitrogens with zero attached hydrogens (tertiary/aromatic N) is 2. The topological polar surface area (TPSA) is 49.7 Å². The number of unbranched alkanes of at least 4 members (excludes halogenated alkanes) is 1. The quantitative estimate of drug-likeness (QED) is 0.356. The van der Waals surface area contributed by atoms with Gasteiger partial charge in [0, 0.05) is 25.0 Å². The van der Waals surface area contributed by atoms with Gasteiger partial charge in [-0.25, -0.2) is 0 Å². The van der Waals surface area contributed by atoms with Crippen LogP contribution in [0.2, 0.25) is 0 Å². The van der Waals surface area contributed by atoms with Crippen LogP contribution in [-0.4, -0.2) is 36.0 Å². The maximum Gasteiger partial charge on any atom is 0.224 e. The molecule has 4 nitrogen and oxygen atoms in total. The molecule has 0 saturated heterocycles. The Morgan fingerprint density at radius 2 is 2.19 bits per heavy atom. The van der Waals surface area contributed by atoms with E-state index in [9.17, 15) is 9.70 Å². The molecule has 5 heteroatoms. The highest BCUT2D eigenvalue weighted by Crippen LogP contribution is 2.05. The number of carbonyl (C=O) groups is 1. The van der Waals surface area contributed by atoms with Gasteiger partial charge in [-0.05, 0) is 11.6 Å². The summed E-state index contributed by atoms with van der Waals surface area (Å²) in [5.74, 6) is 1.71. The van der Waals surface area contributed by atoms with Crippen molar-refractivity contribution < 1.29 is 4.79 Å². The first kappa shape index (κ1) is 15.2. The molecule has 0 aromatic carbocycles. The fourth-order valence-electron chi connectivity index (χ4n) is 1.02. The molecule has 0 aliphatic rings. The van der Waals surface area contributed by atoms with Crippen LogP contribution in [0.25, 0.3) is 0 Å². The SMILES string of the molecule is CCCC=CCSCCC(=O)N(C)CN=O. The summed E-state index contributed by atoms with van der Waals surface area (Å²) in [7, 11) is 1.59. The Balaban J connectivity index is 3.44. The van der Waals surface area contributed by atoms with Crippen LogP contribution in [0, 0.1) is 4.91 Å². The van der Waals surface area contributed by atoms with E-state index in [-0.39, 0.29) is 12.6 Å². The Bertz CT molecular complexity index is 232. The second-order valence-corrected chi connectivity index (χ2v) is 4.60. The Morgan fingerprint density at radius 3 is 2.81 bits per heavy atom. The predicted octanol–water partition coefficient (Wildman–Crippen LogP) is 2.65. The standard InChI is InChI=1S/C11H20N2O2S/c1-3-4-5-6-8-16-9-7-11(14)13(2)10-12-15/h5-6H,3-4,7-10H2,1-2H3. The minimum absolute atomic E-state index is 0.0235. The lowest BCUT2D eigenvalue weighted by molar-refractivity contribution is -0.129. The molecule has 0 bridgehead atoms. The van der Waals surface area contributed by atoms with Gasteiger partial charge in [-0.3, -0.25) is 4.79 Å². The highest BCUT2D eigenvalue weighted by atomic mass is 32.2. The van der Waals surface area contributed by atoms with E-state index in [1.165, 1.54) is 11.3 Å². The van der Waals surface area contributed by atoms with Gasteiger partial charge in [0.05, 0.1) is 0 Å². The van der Waals surface area contributed by atoms with Gasteiger partial charge >= 0.3 is 0 Å². The van der Waals surface area contributed by atoms with Gasteiger partial charge in [-0.2, -0.15) is 11.8 Å². The third kappa shape index (κ3) is 8.47. The van der Waals surface area contributed by atoms with E-state index < -0.39 is 0 Å². The number of allylic oxidation sites excluding steroid dienone is 1. The van der Waals surface area contributed by atoms with Crippen molar-refractivity contribution in [3.05, 3.63) is 17.1 Å². The molecule has 0 aromatic rings. The van der Waals surface area contributed by atoms with Crippen molar-refractivity contribution in [3.63, 3.8) is 0 Å². The van der Waals surface area contributed by atoms with E-state index in [1.807, 2.05) is 0 Å². The van der Waals surface area contributed by atoms with Crippen molar-refractivity contribution in [2.24, 2.45) is 5.18 Å². The molecule has 0 saturated carbocycles. The summed E-state index contributed by atoms with van der Waals surface area (Å²) in [5, 5.41) is 2.67. The van der Waals surface area contributed by atoms with Gasteiger partial charge in [-0.1, -0.05) is 25.5 Å². The molecule has 0 fully saturated rings. The second kappa shape index (κ2) is 10.7. The largest absolute Gasteiger partial charge is 0.323 e. The molecule has 0 spiro atoms. The fraction of sp³-hybridized carbons (Fsp3) is 0.727. The smallest absolute Gasteiger partial charge is 0.224 e. The molecule has 16 heavy (non-hydrogen) atoms. The molecule has 0 aliphatic carbocycles. The lowest BCUT2D eigenvalue weighted by atomic mass is 10.3. The van der Waals surface area contributed by atoms with Crippen LogP contribution in [0.15, 0.2) is 17.3 Å². The maximum atomic E-state index is 11.4. The minimum Gasteiger partial charge on any atom is -0.323 e. The van der Waals surface area contributed by atoms with E-state index in [1.54, 1.807) is 18.8 Å². The zero-order valence-corrected chi connectivity index (χ0v) is 10.8. The van der Waals surface area contributed by atoms with Gasteiger partial charge < -0.3 is 4.90 Å². The average Bonchev–Trinajstić information content (AvgIpc) is 2.28. The van der Waals surface area contributed by atoms with Gasteiger partial charge in [0.1, 0.15) is 0 Å². The van der Waals surface area contributed by atoms with Crippen LogP contribution in [0.3, 0.4) is 0 Å². The first-order chi connectivity index (χ1) is 7.72. The highest BCUT2D eigenvalue weighted by molar-refractivity contribution is 7.99. The summed E-state index contributed by atoms with van der Waals surface area (Å²) in [6.45, 7) is 2.09. The second-order valence-electron chi connectivity index (χ2n) is 3.45. The number of carbonyl (C=O) groups excluding carboxylic acids is 1. The van der Waals surface area contributed by atoms with E-state index in [0.717, 1.165) is 17.9 Å². The molecule has 0 atom stereocenters.